The van der Waals surface area contributed by atoms with Crippen LogP contribution in [0, 0.1) is 11.7 Å². The molecule has 0 spiro atoms. The quantitative estimate of drug-likeness (QED) is 0.162. The standard InChI is InChI=1S/C35H33FN8O3/c1-20(2)13-30(45)39-23-14-21(16-37-17-23)35(46)40-22-10-11-29-25(15-22)33(43-44(29)31-9-5-6-12-47-31)34-41-28-19-38-18-26(32(28)42-34)24-7-3-4-8-27(24)36/h3-4,7-8,10-11,14-20,31H,5-6,9,12-13H2,1-2H3,(H,39,45)(H,40,46)(H,41,42). The summed E-state index contributed by atoms with van der Waals surface area (Å²) < 4.78 is 22.8. The van der Waals surface area contributed by atoms with Gasteiger partial charge in [0.05, 0.1) is 34.7 Å². The Hall–Kier alpha value is -5.49. The van der Waals surface area contributed by atoms with Crippen LogP contribution < -0.4 is 10.6 Å². The van der Waals surface area contributed by atoms with Gasteiger partial charge in [-0.3, -0.25) is 19.6 Å². The van der Waals surface area contributed by atoms with Crippen LogP contribution in [0.2, 0.25) is 0 Å². The van der Waals surface area contributed by atoms with Gasteiger partial charge in [0.25, 0.3) is 5.91 Å². The molecule has 1 unspecified atom stereocenters. The number of aromatic nitrogens is 6. The summed E-state index contributed by atoms with van der Waals surface area (Å²) in [6.45, 7) is 4.57. The van der Waals surface area contributed by atoms with Gasteiger partial charge in [0.2, 0.25) is 5.91 Å². The van der Waals surface area contributed by atoms with Gasteiger partial charge in [0.1, 0.15) is 17.0 Å². The van der Waals surface area contributed by atoms with E-state index in [2.05, 4.69) is 25.6 Å². The van der Waals surface area contributed by atoms with Crippen molar-refractivity contribution in [2.45, 2.75) is 45.8 Å². The van der Waals surface area contributed by atoms with Gasteiger partial charge in [0, 0.05) is 47.6 Å². The zero-order valence-corrected chi connectivity index (χ0v) is 26.0. The van der Waals surface area contributed by atoms with E-state index in [0.29, 0.717) is 63.6 Å². The van der Waals surface area contributed by atoms with Crippen molar-refractivity contribution in [3.63, 3.8) is 0 Å². The second-order valence-corrected chi connectivity index (χ2v) is 12.1. The summed E-state index contributed by atoms with van der Waals surface area (Å²) in [5, 5.41) is 11.5. The largest absolute Gasteiger partial charge is 0.356 e. The van der Waals surface area contributed by atoms with Crippen molar-refractivity contribution < 1.29 is 18.7 Å². The number of rotatable bonds is 8. The van der Waals surface area contributed by atoms with Crippen molar-refractivity contribution in [3.05, 3.63) is 84.7 Å². The van der Waals surface area contributed by atoms with Crippen LogP contribution in [0.3, 0.4) is 0 Å². The van der Waals surface area contributed by atoms with Crippen molar-refractivity contribution in [1.29, 1.82) is 0 Å². The second-order valence-electron chi connectivity index (χ2n) is 12.1. The van der Waals surface area contributed by atoms with Gasteiger partial charge >= 0.3 is 0 Å². The van der Waals surface area contributed by atoms with Crippen LogP contribution in [0.4, 0.5) is 15.8 Å². The van der Waals surface area contributed by atoms with Gasteiger partial charge in [-0.15, -0.1) is 0 Å². The number of nitrogens with one attached hydrogen (secondary N) is 3. The Bertz CT molecular complexity index is 2120. The number of nitrogens with zero attached hydrogens (tertiary/aromatic N) is 5. The van der Waals surface area contributed by atoms with E-state index in [4.69, 9.17) is 14.8 Å². The molecule has 0 saturated carbocycles. The van der Waals surface area contributed by atoms with E-state index in [1.807, 2.05) is 36.7 Å². The van der Waals surface area contributed by atoms with Crippen LogP contribution in [0.5, 0.6) is 0 Å². The molecule has 12 heteroatoms. The minimum Gasteiger partial charge on any atom is -0.356 e. The first kappa shape index (κ1) is 30.2. The van der Waals surface area contributed by atoms with E-state index in [1.54, 1.807) is 36.7 Å². The van der Waals surface area contributed by atoms with Gasteiger partial charge in [-0.1, -0.05) is 32.0 Å². The number of amides is 2. The maximum atomic E-state index is 14.8. The molecule has 0 bridgehead atoms. The molecular weight excluding hydrogens is 599 g/mol. The summed E-state index contributed by atoms with van der Waals surface area (Å²) in [5.41, 5.74) is 4.81. The normalized spacial score (nSPS) is 14.9. The number of anilines is 2. The number of benzene rings is 2. The highest BCUT2D eigenvalue weighted by atomic mass is 19.1. The summed E-state index contributed by atoms with van der Waals surface area (Å²) in [6.07, 6.45) is 9.15. The number of ether oxygens (including phenoxy) is 1. The number of pyridine rings is 2. The third-order valence-corrected chi connectivity index (χ3v) is 8.05. The molecule has 1 aliphatic rings. The molecule has 1 fully saturated rings. The molecule has 0 radical (unpaired) electrons. The summed E-state index contributed by atoms with van der Waals surface area (Å²) in [4.78, 5) is 42.3. The summed E-state index contributed by atoms with van der Waals surface area (Å²) in [6, 6.07) is 13.7. The van der Waals surface area contributed by atoms with Crippen molar-refractivity contribution in [1.82, 2.24) is 29.7 Å². The highest BCUT2D eigenvalue weighted by Crippen LogP contribution is 2.36. The van der Waals surface area contributed by atoms with Crippen LogP contribution in [0.15, 0.2) is 73.3 Å². The average Bonchev–Trinajstić information content (AvgIpc) is 3.67. The lowest BCUT2D eigenvalue weighted by atomic mass is 10.1. The van der Waals surface area contributed by atoms with E-state index in [0.717, 1.165) is 30.2 Å². The lowest BCUT2D eigenvalue weighted by molar-refractivity contribution is -0.116. The van der Waals surface area contributed by atoms with E-state index < -0.39 is 0 Å². The maximum absolute atomic E-state index is 14.8. The van der Waals surface area contributed by atoms with Crippen LogP contribution in [-0.4, -0.2) is 48.1 Å². The first-order valence-electron chi connectivity index (χ1n) is 15.6. The maximum Gasteiger partial charge on any atom is 0.257 e. The number of aromatic amines is 1. The number of H-pyrrole nitrogens is 1. The summed E-state index contributed by atoms with van der Waals surface area (Å²) >= 11 is 0. The Morgan fingerprint density at radius 3 is 2.66 bits per heavy atom. The lowest BCUT2D eigenvalue weighted by Gasteiger charge is -2.23. The fourth-order valence-electron chi connectivity index (χ4n) is 5.87. The highest BCUT2D eigenvalue weighted by Gasteiger charge is 2.24. The van der Waals surface area contributed by atoms with Crippen LogP contribution in [-0.2, 0) is 9.53 Å². The molecule has 3 N–H and O–H groups in total. The molecule has 4 aromatic heterocycles. The van der Waals surface area contributed by atoms with Crippen LogP contribution in [0.1, 0.15) is 56.1 Å². The van der Waals surface area contributed by atoms with E-state index in [9.17, 15) is 14.0 Å². The number of imidazole rings is 1. The molecule has 5 heterocycles. The third-order valence-electron chi connectivity index (χ3n) is 8.05. The molecule has 238 valence electrons. The van der Waals surface area contributed by atoms with E-state index in [1.165, 1.54) is 18.5 Å². The molecule has 6 aromatic rings. The fraction of sp³-hybridized carbons (Fsp3) is 0.257. The average molecular weight is 633 g/mol. The van der Waals surface area contributed by atoms with Crippen molar-refractivity contribution in [2.75, 3.05) is 17.2 Å². The molecule has 1 saturated heterocycles. The number of hydrogen-bond acceptors (Lipinski definition) is 7. The monoisotopic (exact) mass is 632 g/mol. The molecular formula is C35H33FN8O3. The first-order valence-corrected chi connectivity index (χ1v) is 15.6. The zero-order chi connectivity index (χ0) is 32.5. The van der Waals surface area contributed by atoms with Gasteiger partial charge in [0.15, 0.2) is 12.1 Å². The Kier molecular flexibility index (Phi) is 8.17. The molecule has 2 amide bonds. The molecule has 1 aliphatic heterocycles. The number of halogens is 1. The predicted octanol–water partition coefficient (Wildman–Crippen LogP) is 7.11. The van der Waals surface area contributed by atoms with Crippen molar-refractivity contribution in [3.8, 4) is 22.6 Å². The molecule has 1 atom stereocenters. The SMILES string of the molecule is CC(C)CC(=O)Nc1cncc(C(=O)Nc2ccc3c(c2)c(-c2nc4c(-c5ccccc5F)cncc4[nH]2)nn3C2CCCCO2)c1. The second kappa shape index (κ2) is 12.7. The van der Waals surface area contributed by atoms with Gasteiger partial charge in [-0.25, -0.2) is 14.1 Å². The number of carbonyl (C=O) groups is 2. The third kappa shape index (κ3) is 6.19. The van der Waals surface area contributed by atoms with E-state index in [-0.39, 0.29) is 29.8 Å². The Morgan fingerprint density at radius 2 is 1.85 bits per heavy atom. The van der Waals surface area contributed by atoms with Crippen LogP contribution in [0.25, 0.3) is 44.6 Å². The van der Waals surface area contributed by atoms with Gasteiger partial charge in [-0.2, -0.15) is 5.10 Å². The minimum atomic E-state index is -0.384. The topological polar surface area (TPSA) is 140 Å². The van der Waals surface area contributed by atoms with Gasteiger partial charge in [-0.05, 0) is 55.5 Å². The summed E-state index contributed by atoms with van der Waals surface area (Å²) in [7, 11) is 0. The zero-order valence-electron chi connectivity index (χ0n) is 26.0. The van der Waals surface area contributed by atoms with Gasteiger partial charge < -0.3 is 20.4 Å². The Morgan fingerprint density at radius 1 is 1.00 bits per heavy atom. The number of hydrogen-bond donors (Lipinski definition) is 3. The fourth-order valence-corrected chi connectivity index (χ4v) is 5.87. The molecule has 2 aromatic carbocycles. The number of carbonyl (C=O) groups excluding carboxylic acids is 2. The number of fused-ring (bicyclic) bond motifs is 2. The smallest absolute Gasteiger partial charge is 0.257 e. The Labute approximate surface area is 269 Å². The van der Waals surface area contributed by atoms with Crippen molar-refractivity contribution >= 4 is 45.1 Å². The highest BCUT2D eigenvalue weighted by molar-refractivity contribution is 6.07. The predicted molar refractivity (Wildman–Crippen MR) is 177 cm³/mol. The first-order chi connectivity index (χ1) is 22.8. The molecule has 47 heavy (non-hydrogen) atoms. The lowest BCUT2D eigenvalue weighted by Crippen LogP contribution is -2.19. The molecule has 7 rings (SSSR count). The minimum absolute atomic E-state index is 0.140. The Balaban J connectivity index is 1.26. The van der Waals surface area contributed by atoms with Crippen molar-refractivity contribution in [2.24, 2.45) is 5.92 Å². The molecule has 11 nitrogen and oxygen atoms in total. The summed E-state index contributed by atoms with van der Waals surface area (Å²) in [5.74, 6) is -0.213. The molecule has 0 aliphatic carbocycles. The van der Waals surface area contributed by atoms with E-state index >= 15 is 0 Å². The van der Waals surface area contributed by atoms with Crippen LogP contribution >= 0.6 is 0 Å².